The Labute approximate surface area is 102 Å². The van der Waals surface area contributed by atoms with Gasteiger partial charge in [-0.05, 0) is 6.92 Å². The van der Waals surface area contributed by atoms with Crippen molar-refractivity contribution < 1.29 is 4.79 Å². The van der Waals surface area contributed by atoms with Crippen molar-refractivity contribution >= 4 is 11.7 Å². The first-order valence-electron chi connectivity index (χ1n) is 5.69. The van der Waals surface area contributed by atoms with Crippen LogP contribution in [0.5, 0.6) is 0 Å². The zero-order valence-corrected chi connectivity index (χ0v) is 11.1. The number of aromatic nitrogens is 2. The molecule has 0 aliphatic heterocycles. The maximum atomic E-state index is 11.4. The van der Waals surface area contributed by atoms with Crippen LogP contribution in [0, 0.1) is 12.8 Å². The molecule has 1 amide bonds. The number of nitrogens with one attached hydrogen (secondary N) is 1. The summed E-state index contributed by atoms with van der Waals surface area (Å²) in [7, 11) is 3.86. The topological polar surface area (TPSA) is 58.1 Å². The van der Waals surface area contributed by atoms with Gasteiger partial charge in [0, 0.05) is 31.8 Å². The van der Waals surface area contributed by atoms with Crippen molar-refractivity contribution in [2.24, 2.45) is 5.92 Å². The van der Waals surface area contributed by atoms with Crippen LogP contribution in [0.2, 0.25) is 0 Å². The SMILES string of the molecule is Cc1cc(N(C)C)nc(CNC(=O)C(C)C)n1. The third-order valence-electron chi connectivity index (χ3n) is 2.29. The molecule has 17 heavy (non-hydrogen) atoms. The van der Waals surface area contributed by atoms with Crippen LogP contribution >= 0.6 is 0 Å². The minimum absolute atomic E-state index is 0.0153. The van der Waals surface area contributed by atoms with E-state index in [4.69, 9.17) is 0 Å². The quantitative estimate of drug-likeness (QED) is 0.851. The second kappa shape index (κ2) is 5.61. The highest BCUT2D eigenvalue weighted by Crippen LogP contribution is 2.09. The summed E-state index contributed by atoms with van der Waals surface area (Å²) >= 11 is 0. The average molecular weight is 236 g/mol. The lowest BCUT2D eigenvalue weighted by Crippen LogP contribution is -2.28. The minimum atomic E-state index is -0.0203. The van der Waals surface area contributed by atoms with Crippen molar-refractivity contribution in [2.75, 3.05) is 19.0 Å². The van der Waals surface area contributed by atoms with Crippen LogP contribution < -0.4 is 10.2 Å². The molecule has 0 saturated heterocycles. The highest BCUT2D eigenvalue weighted by Gasteiger charge is 2.08. The Kier molecular flexibility index (Phi) is 4.43. The molecule has 0 unspecified atom stereocenters. The molecule has 0 bridgehead atoms. The van der Waals surface area contributed by atoms with Crippen molar-refractivity contribution in [1.29, 1.82) is 0 Å². The molecule has 0 radical (unpaired) electrons. The fourth-order valence-corrected chi connectivity index (χ4v) is 1.29. The summed E-state index contributed by atoms with van der Waals surface area (Å²) in [6.45, 7) is 6.01. The van der Waals surface area contributed by atoms with Gasteiger partial charge in [0.05, 0.1) is 6.54 Å². The zero-order valence-electron chi connectivity index (χ0n) is 11.1. The summed E-state index contributed by atoms with van der Waals surface area (Å²) in [4.78, 5) is 22.0. The number of hydrogen-bond donors (Lipinski definition) is 1. The molecule has 0 aliphatic carbocycles. The molecule has 1 rings (SSSR count). The number of rotatable bonds is 4. The summed E-state index contributed by atoms with van der Waals surface area (Å²) in [5.74, 6) is 1.49. The smallest absolute Gasteiger partial charge is 0.222 e. The van der Waals surface area contributed by atoms with Crippen LogP contribution in [0.3, 0.4) is 0 Å². The molecule has 1 aromatic rings. The first-order valence-corrected chi connectivity index (χ1v) is 5.69. The van der Waals surface area contributed by atoms with Crippen LogP contribution in [-0.4, -0.2) is 30.0 Å². The van der Waals surface area contributed by atoms with Gasteiger partial charge in [-0.1, -0.05) is 13.8 Å². The lowest BCUT2D eigenvalue weighted by atomic mass is 10.2. The van der Waals surface area contributed by atoms with E-state index in [1.54, 1.807) is 0 Å². The van der Waals surface area contributed by atoms with Gasteiger partial charge in [0.25, 0.3) is 0 Å². The van der Waals surface area contributed by atoms with Gasteiger partial charge in [0.2, 0.25) is 5.91 Å². The maximum Gasteiger partial charge on any atom is 0.222 e. The lowest BCUT2D eigenvalue weighted by molar-refractivity contribution is -0.124. The van der Waals surface area contributed by atoms with Gasteiger partial charge in [-0.2, -0.15) is 0 Å². The average Bonchev–Trinajstić information content (AvgIpc) is 2.24. The van der Waals surface area contributed by atoms with E-state index in [9.17, 15) is 4.79 Å². The van der Waals surface area contributed by atoms with Gasteiger partial charge in [0.15, 0.2) is 0 Å². The van der Waals surface area contributed by atoms with Crippen molar-refractivity contribution in [3.8, 4) is 0 Å². The monoisotopic (exact) mass is 236 g/mol. The van der Waals surface area contributed by atoms with Gasteiger partial charge in [-0.3, -0.25) is 4.79 Å². The molecule has 1 heterocycles. The first-order chi connectivity index (χ1) is 7.90. The largest absolute Gasteiger partial charge is 0.363 e. The molecule has 0 spiro atoms. The Morgan fingerprint density at radius 3 is 2.59 bits per heavy atom. The predicted molar refractivity (Wildman–Crippen MR) is 67.8 cm³/mol. The molecule has 0 saturated carbocycles. The fourth-order valence-electron chi connectivity index (χ4n) is 1.29. The first kappa shape index (κ1) is 13.4. The Bertz CT molecular complexity index is 401. The van der Waals surface area contributed by atoms with Gasteiger partial charge in [-0.25, -0.2) is 9.97 Å². The van der Waals surface area contributed by atoms with Crippen molar-refractivity contribution in [3.63, 3.8) is 0 Å². The van der Waals surface area contributed by atoms with Crippen molar-refractivity contribution in [1.82, 2.24) is 15.3 Å². The van der Waals surface area contributed by atoms with Gasteiger partial charge in [-0.15, -0.1) is 0 Å². The minimum Gasteiger partial charge on any atom is -0.363 e. The van der Waals surface area contributed by atoms with Crippen LogP contribution in [0.4, 0.5) is 5.82 Å². The number of aryl methyl sites for hydroxylation is 1. The normalized spacial score (nSPS) is 10.5. The Balaban J connectivity index is 2.74. The molecule has 1 aromatic heterocycles. The van der Waals surface area contributed by atoms with Crippen molar-refractivity contribution in [3.05, 3.63) is 17.6 Å². The maximum absolute atomic E-state index is 11.4. The summed E-state index contributed by atoms with van der Waals surface area (Å²) < 4.78 is 0. The summed E-state index contributed by atoms with van der Waals surface area (Å²) in [5.41, 5.74) is 0.900. The van der Waals surface area contributed by atoms with E-state index in [1.165, 1.54) is 0 Å². The molecular weight excluding hydrogens is 216 g/mol. The number of hydrogen-bond acceptors (Lipinski definition) is 4. The summed E-state index contributed by atoms with van der Waals surface area (Å²) in [5, 5.41) is 2.81. The van der Waals surface area contributed by atoms with Gasteiger partial charge in [0.1, 0.15) is 11.6 Å². The number of anilines is 1. The van der Waals surface area contributed by atoms with Crippen molar-refractivity contribution in [2.45, 2.75) is 27.3 Å². The van der Waals surface area contributed by atoms with E-state index in [2.05, 4.69) is 15.3 Å². The van der Waals surface area contributed by atoms with E-state index in [1.807, 2.05) is 45.8 Å². The van der Waals surface area contributed by atoms with Crippen LogP contribution in [0.15, 0.2) is 6.07 Å². The second-order valence-corrected chi connectivity index (χ2v) is 4.55. The third-order valence-corrected chi connectivity index (χ3v) is 2.29. The van der Waals surface area contributed by atoms with Crippen LogP contribution in [0.1, 0.15) is 25.4 Å². The Hall–Kier alpha value is -1.65. The number of nitrogens with zero attached hydrogens (tertiary/aromatic N) is 3. The molecule has 0 atom stereocenters. The summed E-state index contributed by atoms with van der Waals surface area (Å²) in [6, 6.07) is 1.91. The van der Waals surface area contributed by atoms with E-state index in [0.717, 1.165) is 11.5 Å². The Morgan fingerprint density at radius 2 is 2.06 bits per heavy atom. The number of amides is 1. The third kappa shape index (κ3) is 4.01. The second-order valence-electron chi connectivity index (χ2n) is 4.55. The number of carbonyl (C=O) groups excluding carboxylic acids is 1. The fraction of sp³-hybridized carbons (Fsp3) is 0.583. The van der Waals surface area contributed by atoms with E-state index in [-0.39, 0.29) is 11.8 Å². The molecule has 0 aliphatic rings. The number of carbonyl (C=O) groups is 1. The molecule has 5 heteroatoms. The van der Waals surface area contributed by atoms with E-state index in [0.29, 0.717) is 12.4 Å². The molecule has 0 aromatic carbocycles. The molecular formula is C12H20N4O. The van der Waals surface area contributed by atoms with E-state index >= 15 is 0 Å². The van der Waals surface area contributed by atoms with Crippen LogP contribution in [-0.2, 0) is 11.3 Å². The van der Waals surface area contributed by atoms with E-state index < -0.39 is 0 Å². The molecule has 5 nitrogen and oxygen atoms in total. The predicted octanol–water partition coefficient (Wildman–Crippen LogP) is 1.12. The Morgan fingerprint density at radius 1 is 1.41 bits per heavy atom. The summed E-state index contributed by atoms with van der Waals surface area (Å²) in [6.07, 6.45) is 0. The van der Waals surface area contributed by atoms with Gasteiger partial charge < -0.3 is 10.2 Å². The zero-order chi connectivity index (χ0) is 13.0. The lowest BCUT2D eigenvalue weighted by Gasteiger charge is -2.13. The van der Waals surface area contributed by atoms with Crippen LogP contribution in [0.25, 0.3) is 0 Å². The molecule has 94 valence electrons. The highest BCUT2D eigenvalue weighted by atomic mass is 16.1. The molecule has 1 N–H and O–H groups in total. The highest BCUT2D eigenvalue weighted by molar-refractivity contribution is 5.77. The molecule has 0 fully saturated rings. The van der Waals surface area contributed by atoms with Gasteiger partial charge >= 0.3 is 0 Å². The standard InChI is InChI=1S/C12H20N4O/c1-8(2)12(17)13-7-10-14-9(3)6-11(15-10)16(4)5/h6,8H,7H2,1-5H3,(H,13,17).